The van der Waals surface area contributed by atoms with Crippen molar-refractivity contribution in [1.82, 2.24) is 19.7 Å². The molecular formula is C36H40N4O4. The SMILES string of the molecule is COc1c(C(=O)O)cnn1-c1cccc(-c2cccc(C)c2OCc2ccc3c(c2)CCN(C2CCC4(CCC4)CC2)C3)n1. The van der Waals surface area contributed by atoms with Gasteiger partial charge in [0, 0.05) is 24.7 Å². The van der Waals surface area contributed by atoms with Crippen molar-refractivity contribution in [3.05, 3.63) is 88.6 Å². The number of carboxylic acid groups (broad SMARTS) is 1. The van der Waals surface area contributed by atoms with Crippen molar-refractivity contribution >= 4 is 5.97 Å². The molecule has 2 aromatic carbocycles. The van der Waals surface area contributed by atoms with E-state index in [0.717, 1.165) is 42.4 Å². The first-order valence-corrected chi connectivity index (χ1v) is 15.8. The Morgan fingerprint density at radius 3 is 2.61 bits per heavy atom. The molecule has 1 aliphatic heterocycles. The van der Waals surface area contributed by atoms with Crippen molar-refractivity contribution < 1.29 is 19.4 Å². The molecule has 0 saturated heterocycles. The zero-order valence-electron chi connectivity index (χ0n) is 25.6. The number of rotatable bonds is 8. The molecule has 0 amide bonds. The third-order valence-electron chi connectivity index (χ3n) is 10.2. The second-order valence-corrected chi connectivity index (χ2v) is 12.8. The monoisotopic (exact) mass is 592 g/mol. The first kappa shape index (κ1) is 28.6. The highest BCUT2D eigenvalue weighted by molar-refractivity contribution is 5.90. The van der Waals surface area contributed by atoms with E-state index in [4.69, 9.17) is 14.5 Å². The second-order valence-electron chi connectivity index (χ2n) is 12.8. The van der Waals surface area contributed by atoms with E-state index in [1.807, 2.05) is 37.3 Å². The highest BCUT2D eigenvalue weighted by Gasteiger charge is 2.41. The van der Waals surface area contributed by atoms with Crippen molar-refractivity contribution in [3.8, 4) is 28.7 Å². The topological polar surface area (TPSA) is 89.7 Å². The van der Waals surface area contributed by atoms with Gasteiger partial charge >= 0.3 is 5.97 Å². The number of methoxy groups -OCH3 is 1. The molecule has 1 spiro atoms. The highest BCUT2D eigenvalue weighted by atomic mass is 16.5. The van der Waals surface area contributed by atoms with Crippen LogP contribution in [0.25, 0.3) is 17.1 Å². The van der Waals surface area contributed by atoms with Gasteiger partial charge in [-0.1, -0.05) is 42.8 Å². The lowest BCUT2D eigenvalue weighted by molar-refractivity contribution is 0.0265. The summed E-state index contributed by atoms with van der Waals surface area (Å²) in [6, 6.07) is 19.2. The number of hydrogen-bond acceptors (Lipinski definition) is 6. The quantitative estimate of drug-likeness (QED) is 0.236. The Kier molecular flexibility index (Phi) is 7.62. The van der Waals surface area contributed by atoms with Crippen LogP contribution in [0, 0.1) is 12.3 Å². The van der Waals surface area contributed by atoms with E-state index in [1.165, 1.54) is 79.6 Å². The van der Waals surface area contributed by atoms with E-state index in [1.54, 1.807) is 6.07 Å². The van der Waals surface area contributed by atoms with Crippen LogP contribution in [0.5, 0.6) is 11.6 Å². The molecule has 0 bridgehead atoms. The number of carbonyl (C=O) groups is 1. The molecule has 228 valence electrons. The normalized spacial score (nSPS) is 18.0. The number of aromatic carboxylic acids is 1. The molecule has 0 atom stereocenters. The summed E-state index contributed by atoms with van der Waals surface area (Å²) in [5.74, 6) is 0.253. The summed E-state index contributed by atoms with van der Waals surface area (Å²) in [6.07, 6.45) is 12.4. The highest BCUT2D eigenvalue weighted by Crippen LogP contribution is 2.52. The van der Waals surface area contributed by atoms with Gasteiger partial charge in [-0.15, -0.1) is 0 Å². The van der Waals surface area contributed by atoms with Gasteiger partial charge in [0.25, 0.3) is 0 Å². The van der Waals surface area contributed by atoms with Crippen LogP contribution in [-0.4, -0.2) is 50.4 Å². The lowest BCUT2D eigenvalue weighted by atomic mass is 9.60. The molecule has 3 aliphatic rings. The van der Waals surface area contributed by atoms with E-state index >= 15 is 0 Å². The first-order chi connectivity index (χ1) is 21.4. The van der Waals surface area contributed by atoms with Crippen molar-refractivity contribution in [1.29, 1.82) is 0 Å². The van der Waals surface area contributed by atoms with Gasteiger partial charge in [-0.25, -0.2) is 9.78 Å². The van der Waals surface area contributed by atoms with Gasteiger partial charge < -0.3 is 14.6 Å². The maximum Gasteiger partial charge on any atom is 0.342 e. The van der Waals surface area contributed by atoms with Gasteiger partial charge in [0.05, 0.1) is 19.0 Å². The summed E-state index contributed by atoms with van der Waals surface area (Å²) in [4.78, 5) is 19.2. The zero-order valence-corrected chi connectivity index (χ0v) is 25.6. The van der Waals surface area contributed by atoms with Crippen molar-refractivity contribution in [2.24, 2.45) is 5.41 Å². The Bertz CT molecular complexity index is 1680. The third-order valence-corrected chi connectivity index (χ3v) is 10.2. The van der Waals surface area contributed by atoms with E-state index in [9.17, 15) is 9.90 Å². The summed E-state index contributed by atoms with van der Waals surface area (Å²) in [7, 11) is 1.42. The number of fused-ring (bicyclic) bond motifs is 1. The summed E-state index contributed by atoms with van der Waals surface area (Å²) in [5.41, 5.74) is 7.35. The van der Waals surface area contributed by atoms with Crippen molar-refractivity contribution in [2.45, 2.75) is 77.5 Å². The van der Waals surface area contributed by atoms with Crippen molar-refractivity contribution in [2.75, 3.05) is 13.7 Å². The lowest BCUT2D eigenvalue weighted by Gasteiger charge is -2.49. The van der Waals surface area contributed by atoms with Crippen LogP contribution in [0.2, 0.25) is 0 Å². The number of hydrogen-bond donors (Lipinski definition) is 1. The Morgan fingerprint density at radius 2 is 1.86 bits per heavy atom. The molecule has 3 heterocycles. The number of nitrogens with zero attached hydrogens (tertiary/aromatic N) is 4. The molecule has 44 heavy (non-hydrogen) atoms. The van der Waals surface area contributed by atoms with Gasteiger partial charge in [-0.05, 0) is 97.7 Å². The molecule has 2 saturated carbocycles. The van der Waals surface area contributed by atoms with Crippen LogP contribution in [0.15, 0.2) is 60.8 Å². The molecule has 0 unspecified atom stereocenters. The Balaban J connectivity index is 1.06. The summed E-state index contributed by atoms with van der Waals surface area (Å²) >= 11 is 0. The predicted molar refractivity (Wildman–Crippen MR) is 168 cm³/mol. The smallest absolute Gasteiger partial charge is 0.342 e. The summed E-state index contributed by atoms with van der Waals surface area (Å²) < 4.78 is 13.3. The molecule has 1 N–H and O–H groups in total. The minimum Gasteiger partial charge on any atom is -0.488 e. The Labute approximate surface area is 258 Å². The van der Waals surface area contributed by atoms with Gasteiger partial charge in [0.1, 0.15) is 17.9 Å². The number of ether oxygens (including phenoxy) is 2. The lowest BCUT2D eigenvalue weighted by Crippen LogP contribution is -2.45. The molecule has 2 aliphatic carbocycles. The van der Waals surface area contributed by atoms with Crippen LogP contribution < -0.4 is 9.47 Å². The van der Waals surface area contributed by atoms with Crippen LogP contribution in [0.4, 0.5) is 0 Å². The standard InChI is InChI=1S/C36H40N4O4/c1-24-6-3-7-29(31-8-4-9-32(38-31)40-34(43-2)30(21-37-40)35(41)42)33(24)44-23-25-10-11-27-22-39(19-14-26(27)20-25)28-12-17-36(18-13-28)15-5-16-36/h3-4,6-11,20-21,28H,5,12-19,22-23H2,1-2H3,(H,41,42). The maximum atomic E-state index is 11.6. The minimum atomic E-state index is -1.11. The summed E-state index contributed by atoms with van der Waals surface area (Å²) in [6.45, 7) is 4.72. The fraction of sp³-hybridized carbons (Fsp3) is 0.417. The minimum absolute atomic E-state index is 0.0205. The number of carboxylic acids is 1. The van der Waals surface area contributed by atoms with Crippen LogP contribution in [-0.2, 0) is 19.6 Å². The molecule has 2 fully saturated rings. The van der Waals surface area contributed by atoms with Gasteiger partial charge in [-0.3, -0.25) is 4.90 Å². The average molecular weight is 593 g/mol. The average Bonchev–Trinajstić information content (AvgIpc) is 3.48. The number of aryl methyl sites for hydroxylation is 1. The largest absolute Gasteiger partial charge is 0.488 e. The van der Waals surface area contributed by atoms with Gasteiger partial charge in [0.2, 0.25) is 5.88 Å². The Morgan fingerprint density at radius 1 is 1.05 bits per heavy atom. The van der Waals surface area contributed by atoms with Crippen LogP contribution in [0.1, 0.15) is 77.6 Å². The molecule has 2 aromatic heterocycles. The van der Waals surface area contributed by atoms with Gasteiger partial charge in [-0.2, -0.15) is 9.78 Å². The van der Waals surface area contributed by atoms with Crippen LogP contribution >= 0.6 is 0 Å². The predicted octanol–water partition coefficient (Wildman–Crippen LogP) is 7.00. The van der Waals surface area contributed by atoms with E-state index in [-0.39, 0.29) is 11.4 Å². The fourth-order valence-corrected chi connectivity index (χ4v) is 7.52. The van der Waals surface area contributed by atoms with Crippen LogP contribution in [0.3, 0.4) is 0 Å². The number of para-hydroxylation sites is 1. The molecule has 4 aromatic rings. The molecule has 7 rings (SSSR count). The van der Waals surface area contributed by atoms with E-state index in [2.05, 4.69) is 28.2 Å². The van der Waals surface area contributed by atoms with E-state index in [0.29, 0.717) is 23.5 Å². The Hall–Kier alpha value is -4.17. The zero-order chi connectivity index (χ0) is 30.3. The molecule has 8 nitrogen and oxygen atoms in total. The summed E-state index contributed by atoms with van der Waals surface area (Å²) in [5, 5.41) is 13.7. The second kappa shape index (κ2) is 11.7. The molecule has 0 radical (unpaired) electrons. The molecule has 8 heteroatoms. The molecular weight excluding hydrogens is 552 g/mol. The number of aromatic nitrogens is 3. The third kappa shape index (κ3) is 5.36. The number of benzene rings is 2. The van der Waals surface area contributed by atoms with E-state index < -0.39 is 5.97 Å². The van der Waals surface area contributed by atoms with Gasteiger partial charge in [0.15, 0.2) is 5.82 Å². The maximum absolute atomic E-state index is 11.6. The van der Waals surface area contributed by atoms with Crippen molar-refractivity contribution in [3.63, 3.8) is 0 Å². The number of pyridine rings is 1. The first-order valence-electron chi connectivity index (χ1n) is 15.8. The fourth-order valence-electron chi connectivity index (χ4n) is 7.52.